The van der Waals surface area contributed by atoms with Crippen LogP contribution in [0, 0.1) is 6.57 Å². The number of nitrogens with zero attached hydrogens (tertiary/aromatic N) is 1. The third-order valence-electron chi connectivity index (χ3n) is 2.46. The molecular weight excluding hydrogens is 162 g/mol. The summed E-state index contributed by atoms with van der Waals surface area (Å²) in [6.45, 7) is 8.70. The number of hydrogen-bond donors (Lipinski definition) is 1. The first kappa shape index (κ1) is 9.40. The van der Waals surface area contributed by atoms with E-state index in [1.54, 1.807) is 0 Å². The average molecular weight is 174 g/mol. The molecule has 0 radical (unpaired) electrons. The largest absolute Gasteiger partial charge is 0.321 e. The standard InChI is InChI=1S/C8H12F2N2/c1-7(9,10)8(11-2)3-5-12-6-4-8/h12H,3-6H2,1H3. The van der Waals surface area contributed by atoms with Crippen LogP contribution in [0.25, 0.3) is 4.85 Å². The molecule has 1 saturated heterocycles. The van der Waals surface area contributed by atoms with Crippen LogP contribution in [0.3, 0.4) is 0 Å². The first-order valence-electron chi connectivity index (χ1n) is 3.99. The lowest BCUT2D eigenvalue weighted by atomic mass is 9.84. The van der Waals surface area contributed by atoms with Crippen LogP contribution in [-0.2, 0) is 0 Å². The molecular formula is C8H12F2N2. The molecule has 0 saturated carbocycles. The minimum atomic E-state index is -2.88. The van der Waals surface area contributed by atoms with E-state index in [1.165, 1.54) is 0 Å². The molecule has 2 nitrogen and oxygen atoms in total. The van der Waals surface area contributed by atoms with Gasteiger partial charge in [-0.1, -0.05) is 0 Å². The second-order valence-corrected chi connectivity index (χ2v) is 3.28. The minimum Gasteiger partial charge on any atom is -0.316 e. The van der Waals surface area contributed by atoms with Crippen LogP contribution in [0.1, 0.15) is 19.8 Å². The van der Waals surface area contributed by atoms with Crippen molar-refractivity contribution in [2.75, 3.05) is 13.1 Å². The van der Waals surface area contributed by atoms with Crippen molar-refractivity contribution < 1.29 is 8.78 Å². The van der Waals surface area contributed by atoms with Crippen LogP contribution < -0.4 is 5.32 Å². The lowest BCUT2D eigenvalue weighted by Gasteiger charge is -2.31. The number of nitrogens with one attached hydrogen (secondary N) is 1. The first-order chi connectivity index (χ1) is 5.52. The van der Waals surface area contributed by atoms with Gasteiger partial charge in [-0.15, -0.1) is 0 Å². The summed E-state index contributed by atoms with van der Waals surface area (Å²) in [6, 6.07) is 0. The summed E-state index contributed by atoms with van der Waals surface area (Å²) in [7, 11) is 0. The lowest BCUT2D eigenvalue weighted by molar-refractivity contribution is -0.0509. The van der Waals surface area contributed by atoms with E-state index in [2.05, 4.69) is 10.2 Å². The molecule has 1 heterocycles. The maximum atomic E-state index is 13.0. The van der Waals surface area contributed by atoms with Crippen molar-refractivity contribution in [3.63, 3.8) is 0 Å². The third-order valence-corrected chi connectivity index (χ3v) is 2.46. The monoisotopic (exact) mass is 174 g/mol. The number of piperidine rings is 1. The zero-order valence-corrected chi connectivity index (χ0v) is 7.03. The van der Waals surface area contributed by atoms with Gasteiger partial charge in [0.05, 0.1) is 0 Å². The number of halogens is 2. The second-order valence-electron chi connectivity index (χ2n) is 3.28. The van der Waals surface area contributed by atoms with Gasteiger partial charge in [-0.2, -0.15) is 8.78 Å². The summed E-state index contributed by atoms with van der Waals surface area (Å²) in [5.41, 5.74) is -1.45. The Labute approximate surface area is 70.8 Å². The van der Waals surface area contributed by atoms with Gasteiger partial charge in [0.15, 0.2) is 0 Å². The zero-order chi connectivity index (χ0) is 9.24. The van der Waals surface area contributed by atoms with E-state index in [0.717, 1.165) is 6.92 Å². The summed E-state index contributed by atoms with van der Waals surface area (Å²) in [5.74, 6) is -2.88. The predicted molar refractivity (Wildman–Crippen MR) is 42.1 cm³/mol. The van der Waals surface area contributed by atoms with Crippen molar-refractivity contribution >= 4 is 0 Å². The van der Waals surface area contributed by atoms with Crippen molar-refractivity contribution in [3.05, 3.63) is 11.4 Å². The van der Waals surface area contributed by atoms with Gasteiger partial charge >= 0.3 is 5.92 Å². The highest BCUT2D eigenvalue weighted by Crippen LogP contribution is 2.38. The molecule has 0 bridgehead atoms. The topological polar surface area (TPSA) is 16.4 Å². The quantitative estimate of drug-likeness (QED) is 0.598. The van der Waals surface area contributed by atoms with Crippen LogP contribution in [0.2, 0.25) is 0 Å². The summed E-state index contributed by atoms with van der Waals surface area (Å²) < 4.78 is 26.0. The highest BCUT2D eigenvalue weighted by atomic mass is 19.3. The smallest absolute Gasteiger partial charge is 0.316 e. The maximum Gasteiger partial charge on any atom is 0.321 e. The Morgan fingerprint density at radius 1 is 1.42 bits per heavy atom. The Morgan fingerprint density at radius 2 is 1.92 bits per heavy atom. The molecule has 68 valence electrons. The molecule has 0 aliphatic carbocycles. The molecule has 0 atom stereocenters. The van der Waals surface area contributed by atoms with E-state index < -0.39 is 11.5 Å². The van der Waals surface area contributed by atoms with E-state index in [0.29, 0.717) is 13.1 Å². The van der Waals surface area contributed by atoms with Crippen molar-refractivity contribution in [2.24, 2.45) is 0 Å². The Hall–Kier alpha value is -0.690. The molecule has 4 heteroatoms. The Morgan fingerprint density at radius 3 is 2.17 bits per heavy atom. The molecule has 1 aliphatic heterocycles. The summed E-state index contributed by atoms with van der Waals surface area (Å²) in [5, 5.41) is 2.97. The van der Waals surface area contributed by atoms with Crippen LogP contribution in [0.5, 0.6) is 0 Å². The molecule has 12 heavy (non-hydrogen) atoms. The van der Waals surface area contributed by atoms with Gasteiger partial charge in [0.25, 0.3) is 5.54 Å². The molecule has 1 aliphatic rings. The summed E-state index contributed by atoms with van der Waals surface area (Å²) in [4.78, 5) is 3.11. The molecule has 1 rings (SSSR count). The SMILES string of the molecule is [C-]#[N+]C1(C(C)(F)F)CCNCC1. The van der Waals surface area contributed by atoms with Crippen LogP contribution in [0.15, 0.2) is 0 Å². The maximum absolute atomic E-state index is 13.0. The highest BCUT2D eigenvalue weighted by Gasteiger charge is 2.57. The first-order valence-corrected chi connectivity index (χ1v) is 3.99. The molecule has 0 aromatic heterocycles. The normalized spacial score (nSPS) is 23.2. The molecule has 1 N–H and O–H groups in total. The fourth-order valence-corrected chi connectivity index (χ4v) is 1.49. The van der Waals surface area contributed by atoms with Crippen LogP contribution >= 0.6 is 0 Å². The lowest BCUT2D eigenvalue weighted by Crippen LogP contribution is -2.50. The van der Waals surface area contributed by atoms with Gasteiger partial charge in [0, 0.05) is 32.9 Å². The zero-order valence-electron chi connectivity index (χ0n) is 7.03. The van der Waals surface area contributed by atoms with Gasteiger partial charge < -0.3 is 10.2 Å². The van der Waals surface area contributed by atoms with E-state index in [-0.39, 0.29) is 12.8 Å². The molecule has 0 aromatic carbocycles. The van der Waals surface area contributed by atoms with Gasteiger partial charge in [-0.05, 0) is 0 Å². The fraction of sp³-hybridized carbons (Fsp3) is 0.875. The predicted octanol–water partition coefficient (Wildman–Crippen LogP) is 1.68. The van der Waals surface area contributed by atoms with Crippen LogP contribution in [0.4, 0.5) is 8.78 Å². The number of hydrogen-bond acceptors (Lipinski definition) is 1. The van der Waals surface area contributed by atoms with E-state index >= 15 is 0 Å². The van der Waals surface area contributed by atoms with Gasteiger partial charge in [-0.25, -0.2) is 6.57 Å². The van der Waals surface area contributed by atoms with Gasteiger partial charge in [0.2, 0.25) is 0 Å². The average Bonchev–Trinajstić information content (AvgIpc) is 2.04. The minimum absolute atomic E-state index is 0.250. The molecule has 0 unspecified atom stereocenters. The third kappa shape index (κ3) is 1.42. The van der Waals surface area contributed by atoms with Crippen LogP contribution in [-0.4, -0.2) is 24.6 Å². The molecule has 1 fully saturated rings. The van der Waals surface area contributed by atoms with Crippen molar-refractivity contribution in [1.82, 2.24) is 5.32 Å². The van der Waals surface area contributed by atoms with E-state index in [9.17, 15) is 8.78 Å². The summed E-state index contributed by atoms with van der Waals surface area (Å²) in [6.07, 6.45) is 0.500. The van der Waals surface area contributed by atoms with Gasteiger partial charge in [0.1, 0.15) is 0 Å². The second kappa shape index (κ2) is 2.98. The van der Waals surface area contributed by atoms with E-state index in [1.807, 2.05) is 0 Å². The molecule has 0 aromatic rings. The number of alkyl halides is 2. The van der Waals surface area contributed by atoms with E-state index in [4.69, 9.17) is 6.57 Å². The molecule has 0 spiro atoms. The Bertz CT molecular complexity index is 196. The fourth-order valence-electron chi connectivity index (χ4n) is 1.49. The molecule has 0 amide bonds. The van der Waals surface area contributed by atoms with Crippen molar-refractivity contribution in [1.29, 1.82) is 0 Å². The van der Waals surface area contributed by atoms with Gasteiger partial charge in [-0.3, -0.25) is 0 Å². The Balaban J connectivity index is 2.83. The highest BCUT2D eigenvalue weighted by molar-refractivity contribution is 5.09. The van der Waals surface area contributed by atoms with Crippen molar-refractivity contribution in [2.45, 2.75) is 31.2 Å². The number of rotatable bonds is 1. The van der Waals surface area contributed by atoms with Crippen molar-refractivity contribution in [3.8, 4) is 0 Å². The summed E-state index contributed by atoms with van der Waals surface area (Å²) >= 11 is 0. The Kier molecular flexibility index (Phi) is 2.34.